The van der Waals surface area contributed by atoms with Crippen LogP contribution in [0.25, 0.3) is 0 Å². The molecule has 6 nitrogen and oxygen atoms in total. The summed E-state index contributed by atoms with van der Waals surface area (Å²) in [5.74, 6) is 1.12. The van der Waals surface area contributed by atoms with E-state index in [1.54, 1.807) is 7.11 Å². The van der Waals surface area contributed by atoms with Gasteiger partial charge in [0.05, 0.1) is 13.2 Å². The SMILES string of the molecule is COc1ccc([C@@H](NC(=O)N2CCN(CCc3ccncc3)CC2)C(C)C)cc1. The van der Waals surface area contributed by atoms with E-state index in [0.29, 0.717) is 5.92 Å². The number of pyridine rings is 1. The predicted molar refractivity (Wildman–Crippen MR) is 115 cm³/mol. The van der Waals surface area contributed by atoms with Gasteiger partial charge in [-0.15, -0.1) is 0 Å². The van der Waals surface area contributed by atoms with E-state index in [2.05, 4.69) is 41.2 Å². The number of amides is 2. The summed E-state index contributed by atoms with van der Waals surface area (Å²) in [5, 5.41) is 3.23. The van der Waals surface area contributed by atoms with Gasteiger partial charge in [-0.2, -0.15) is 0 Å². The Labute approximate surface area is 173 Å². The number of hydrogen-bond donors (Lipinski definition) is 1. The topological polar surface area (TPSA) is 57.7 Å². The van der Waals surface area contributed by atoms with Crippen molar-refractivity contribution in [2.24, 2.45) is 5.92 Å². The molecule has 1 aliphatic heterocycles. The number of methoxy groups -OCH3 is 1. The highest BCUT2D eigenvalue weighted by Crippen LogP contribution is 2.24. The van der Waals surface area contributed by atoms with Gasteiger partial charge in [-0.1, -0.05) is 26.0 Å². The van der Waals surface area contributed by atoms with E-state index in [-0.39, 0.29) is 12.1 Å². The van der Waals surface area contributed by atoms with Gasteiger partial charge in [-0.05, 0) is 47.7 Å². The van der Waals surface area contributed by atoms with E-state index < -0.39 is 0 Å². The molecule has 1 fully saturated rings. The second-order valence-electron chi connectivity index (χ2n) is 7.88. The minimum Gasteiger partial charge on any atom is -0.497 e. The fraction of sp³-hybridized carbons (Fsp3) is 0.478. The fourth-order valence-electron chi connectivity index (χ4n) is 3.68. The monoisotopic (exact) mass is 396 g/mol. The van der Waals surface area contributed by atoms with Crippen LogP contribution in [-0.2, 0) is 6.42 Å². The summed E-state index contributed by atoms with van der Waals surface area (Å²) in [4.78, 5) is 21.3. The van der Waals surface area contributed by atoms with Crippen molar-refractivity contribution in [2.75, 3.05) is 39.8 Å². The van der Waals surface area contributed by atoms with Crippen molar-refractivity contribution in [3.05, 3.63) is 59.9 Å². The van der Waals surface area contributed by atoms with Crippen molar-refractivity contribution in [1.29, 1.82) is 0 Å². The number of hydrogen-bond acceptors (Lipinski definition) is 4. The molecule has 0 bridgehead atoms. The zero-order valence-corrected chi connectivity index (χ0v) is 17.7. The largest absolute Gasteiger partial charge is 0.497 e. The van der Waals surface area contributed by atoms with Crippen LogP contribution in [0.1, 0.15) is 31.0 Å². The van der Waals surface area contributed by atoms with Gasteiger partial charge in [0, 0.05) is 45.1 Å². The lowest BCUT2D eigenvalue weighted by atomic mass is 9.96. The molecule has 1 saturated heterocycles. The smallest absolute Gasteiger partial charge is 0.317 e. The highest BCUT2D eigenvalue weighted by atomic mass is 16.5. The van der Waals surface area contributed by atoms with Crippen LogP contribution in [0.5, 0.6) is 5.75 Å². The van der Waals surface area contributed by atoms with E-state index in [1.165, 1.54) is 5.56 Å². The molecule has 0 saturated carbocycles. The minimum absolute atomic E-state index is 0.0156. The molecular weight excluding hydrogens is 364 g/mol. The second-order valence-corrected chi connectivity index (χ2v) is 7.88. The van der Waals surface area contributed by atoms with E-state index in [9.17, 15) is 4.79 Å². The third-order valence-corrected chi connectivity index (χ3v) is 5.55. The van der Waals surface area contributed by atoms with Gasteiger partial charge in [0.15, 0.2) is 0 Å². The Bertz CT molecular complexity index is 756. The number of benzene rings is 1. The number of rotatable bonds is 7. The molecule has 1 aromatic heterocycles. The highest BCUT2D eigenvalue weighted by molar-refractivity contribution is 5.75. The molecule has 2 heterocycles. The Balaban J connectivity index is 1.49. The van der Waals surface area contributed by atoms with Crippen LogP contribution in [0.15, 0.2) is 48.8 Å². The Morgan fingerprint density at radius 3 is 2.31 bits per heavy atom. The molecule has 0 radical (unpaired) electrons. The third kappa shape index (κ3) is 5.94. The number of nitrogens with zero attached hydrogens (tertiary/aromatic N) is 3. The van der Waals surface area contributed by atoms with Crippen molar-refractivity contribution in [3.8, 4) is 5.75 Å². The third-order valence-electron chi connectivity index (χ3n) is 5.55. The summed E-state index contributed by atoms with van der Waals surface area (Å²) in [5.41, 5.74) is 2.41. The predicted octanol–water partition coefficient (Wildman–Crippen LogP) is 3.36. The first-order valence-corrected chi connectivity index (χ1v) is 10.4. The Morgan fingerprint density at radius 1 is 1.07 bits per heavy atom. The second kappa shape index (κ2) is 10.3. The van der Waals surface area contributed by atoms with Crippen molar-refractivity contribution >= 4 is 6.03 Å². The summed E-state index contributed by atoms with van der Waals surface area (Å²) in [7, 11) is 1.66. The van der Waals surface area contributed by atoms with Gasteiger partial charge < -0.3 is 15.0 Å². The van der Waals surface area contributed by atoms with Gasteiger partial charge in [-0.3, -0.25) is 9.88 Å². The Hall–Kier alpha value is -2.60. The van der Waals surface area contributed by atoms with Crippen molar-refractivity contribution in [3.63, 3.8) is 0 Å². The van der Waals surface area contributed by atoms with Crippen LogP contribution in [0.3, 0.4) is 0 Å². The summed E-state index contributed by atoms with van der Waals surface area (Å²) < 4.78 is 5.24. The molecule has 0 unspecified atom stereocenters. The molecule has 2 aromatic rings. The van der Waals surface area contributed by atoms with Gasteiger partial charge in [0.25, 0.3) is 0 Å². The summed E-state index contributed by atoms with van der Waals surface area (Å²) in [6.07, 6.45) is 4.69. The minimum atomic E-state index is -0.0156. The van der Waals surface area contributed by atoms with Crippen LogP contribution in [0.2, 0.25) is 0 Å². The highest BCUT2D eigenvalue weighted by Gasteiger charge is 2.25. The van der Waals surface area contributed by atoms with Crippen LogP contribution >= 0.6 is 0 Å². The molecule has 29 heavy (non-hydrogen) atoms. The van der Waals surface area contributed by atoms with Crippen LogP contribution in [-0.4, -0.2) is 60.6 Å². The van der Waals surface area contributed by atoms with E-state index >= 15 is 0 Å². The quantitative estimate of drug-likeness (QED) is 0.780. The maximum Gasteiger partial charge on any atom is 0.317 e. The molecule has 0 spiro atoms. The molecule has 1 atom stereocenters. The summed E-state index contributed by atoms with van der Waals surface area (Å²) in [6.45, 7) is 8.62. The number of nitrogens with one attached hydrogen (secondary N) is 1. The Morgan fingerprint density at radius 2 is 1.72 bits per heavy atom. The molecule has 0 aliphatic carbocycles. The van der Waals surface area contributed by atoms with E-state index in [1.807, 2.05) is 41.6 Å². The van der Waals surface area contributed by atoms with Crippen molar-refractivity contribution in [1.82, 2.24) is 20.1 Å². The van der Waals surface area contributed by atoms with Gasteiger partial charge in [0.1, 0.15) is 5.75 Å². The first-order valence-electron chi connectivity index (χ1n) is 10.4. The lowest BCUT2D eigenvalue weighted by Crippen LogP contribution is -2.52. The Kier molecular flexibility index (Phi) is 7.47. The number of piperazine rings is 1. The van der Waals surface area contributed by atoms with Gasteiger partial charge >= 0.3 is 6.03 Å². The molecule has 2 amide bonds. The molecule has 1 N–H and O–H groups in total. The molecule has 3 rings (SSSR count). The molecule has 6 heteroatoms. The average molecular weight is 397 g/mol. The van der Waals surface area contributed by atoms with Crippen molar-refractivity contribution < 1.29 is 9.53 Å². The lowest BCUT2D eigenvalue weighted by Gasteiger charge is -2.36. The maximum atomic E-state index is 12.9. The number of carbonyl (C=O) groups excluding carboxylic acids is 1. The molecule has 1 aromatic carbocycles. The fourth-order valence-corrected chi connectivity index (χ4v) is 3.68. The first kappa shape index (κ1) is 21.1. The normalized spacial score (nSPS) is 15.9. The van der Waals surface area contributed by atoms with E-state index in [0.717, 1.165) is 50.5 Å². The molecule has 156 valence electrons. The number of urea groups is 1. The molecular formula is C23H32N4O2. The first-order chi connectivity index (χ1) is 14.1. The number of carbonyl (C=O) groups is 1. The van der Waals surface area contributed by atoms with Gasteiger partial charge in [0.2, 0.25) is 0 Å². The lowest BCUT2D eigenvalue weighted by molar-refractivity contribution is 0.136. The standard InChI is InChI=1S/C23H32N4O2/c1-18(2)22(20-4-6-21(29-3)7-5-20)25-23(28)27-16-14-26(15-17-27)13-10-19-8-11-24-12-9-19/h4-9,11-12,18,22H,10,13-17H2,1-3H3,(H,25,28)/t22-/m0/s1. The number of ether oxygens (including phenoxy) is 1. The summed E-state index contributed by atoms with van der Waals surface area (Å²) >= 11 is 0. The van der Waals surface area contributed by atoms with Gasteiger partial charge in [-0.25, -0.2) is 4.79 Å². The van der Waals surface area contributed by atoms with Crippen LogP contribution < -0.4 is 10.1 Å². The van der Waals surface area contributed by atoms with Crippen molar-refractivity contribution in [2.45, 2.75) is 26.3 Å². The summed E-state index contributed by atoms with van der Waals surface area (Å²) in [6, 6.07) is 12.1. The van der Waals surface area contributed by atoms with E-state index in [4.69, 9.17) is 4.74 Å². The zero-order chi connectivity index (χ0) is 20.6. The molecule has 1 aliphatic rings. The number of aromatic nitrogens is 1. The maximum absolute atomic E-state index is 12.9. The zero-order valence-electron chi connectivity index (χ0n) is 17.7. The average Bonchev–Trinajstić information content (AvgIpc) is 2.77. The van der Waals surface area contributed by atoms with Crippen LogP contribution in [0.4, 0.5) is 4.79 Å². The van der Waals surface area contributed by atoms with Crippen LogP contribution in [0, 0.1) is 5.92 Å².